The number of ketones is 1. The van der Waals surface area contributed by atoms with Crippen LogP contribution < -0.4 is 4.74 Å². The number of rotatable bonds is 4. The van der Waals surface area contributed by atoms with Gasteiger partial charge in [-0.1, -0.05) is 39.7 Å². The van der Waals surface area contributed by atoms with E-state index in [9.17, 15) is 4.79 Å². The fourth-order valence-electron chi connectivity index (χ4n) is 2.40. The maximum absolute atomic E-state index is 12.3. The maximum atomic E-state index is 12.3. The zero-order valence-corrected chi connectivity index (χ0v) is 13.5. The van der Waals surface area contributed by atoms with Gasteiger partial charge in [0.15, 0.2) is 6.61 Å². The van der Waals surface area contributed by atoms with Gasteiger partial charge in [0.2, 0.25) is 5.78 Å². The molecule has 0 aliphatic rings. The average Bonchev–Trinajstić information content (AvgIpc) is 2.35. The van der Waals surface area contributed by atoms with Crippen molar-refractivity contribution in [2.45, 2.75) is 20.8 Å². The van der Waals surface area contributed by atoms with E-state index in [4.69, 9.17) is 4.74 Å². The van der Waals surface area contributed by atoms with Crippen LogP contribution in [0.1, 0.15) is 27.0 Å². The van der Waals surface area contributed by atoms with Gasteiger partial charge < -0.3 is 4.74 Å². The molecule has 0 atom stereocenters. The Hall–Kier alpha value is -1.61. The van der Waals surface area contributed by atoms with Crippen LogP contribution in [0.15, 0.2) is 40.9 Å². The smallest absolute Gasteiger partial charge is 0.200 e. The molecule has 0 bridgehead atoms. The second kappa shape index (κ2) is 6.23. The molecule has 0 amide bonds. The van der Waals surface area contributed by atoms with Crippen molar-refractivity contribution in [3.05, 3.63) is 63.1 Å². The second-order valence-corrected chi connectivity index (χ2v) is 5.86. The second-order valence-electron chi connectivity index (χ2n) is 4.94. The molecule has 2 aromatic rings. The zero-order valence-electron chi connectivity index (χ0n) is 11.9. The first-order valence-electron chi connectivity index (χ1n) is 6.47. The van der Waals surface area contributed by atoms with Crippen LogP contribution in [-0.2, 0) is 0 Å². The molecule has 0 spiro atoms. The topological polar surface area (TPSA) is 26.3 Å². The Kier molecular flexibility index (Phi) is 4.61. The Morgan fingerprint density at radius 2 is 1.75 bits per heavy atom. The minimum absolute atomic E-state index is 0.0139. The van der Waals surface area contributed by atoms with Gasteiger partial charge in [0, 0.05) is 10.0 Å². The molecule has 104 valence electrons. The summed E-state index contributed by atoms with van der Waals surface area (Å²) in [5.41, 5.74) is 3.95. The van der Waals surface area contributed by atoms with Crippen LogP contribution in [-0.4, -0.2) is 12.4 Å². The lowest BCUT2D eigenvalue weighted by Gasteiger charge is -2.11. The van der Waals surface area contributed by atoms with Gasteiger partial charge in [-0.25, -0.2) is 0 Å². The number of ether oxygens (including phenoxy) is 1. The molecule has 20 heavy (non-hydrogen) atoms. The fourth-order valence-corrected chi connectivity index (χ4v) is 2.78. The first-order chi connectivity index (χ1) is 9.47. The Morgan fingerprint density at radius 3 is 2.35 bits per heavy atom. The summed E-state index contributed by atoms with van der Waals surface area (Å²) in [5.74, 6) is 0.704. The van der Waals surface area contributed by atoms with Gasteiger partial charge in [0.1, 0.15) is 5.75 Å². The predicted octanol–water partition coefficient (Wildman–Crippen LogP) is 4.64. The normalized spacial score (nSPS) is 10.4. The molecule has 0 N–H and O–H groups in total. The molecule has 0 heterocycles. The van der Waals surface area contributed by atoms with Crippen LogP contribution in [0, 0.1) is 20.8 Å². The summed E-state index contributed by atoms with van der Waals surface area (Å²) >= 11 is 3.38. The Balaban J connectivity index is 2.13. The fraction of sp³-hybridized carbons (Fsp3) is 0.235. The van der Waals surface area contributed by atoms with Gasteiger partial charge in [0.25, 0.3) is 0 Å². The third kappa shape index (κ3) is 3.48. The molecule has 0 saturated carbocycles. The third-order valence-corrected chi connectivity index (χ3v) is 3.62. The number of hydrogen-bond donors (Lipinski definition) is 0. The summed E-state index contributed by atoms with van der Waals surface area (Å²) in [4.78, 5) is 12.3. The molecule has 3 heteroatoms. The summed E-state index contributed by atoms with van der Waals surface area (Å²) in [7, 11) is 0. The number of aryl methyl sites for hydroxylation is 3. The van der Waals surface area contributed by atoms with E-state index in [-0.39, 0.29) is 12.4 Å². The standard InChI is InChI=1S/C17H17BrO2/c1-11-7-12(2)17(13(3)8-11)16(19)10-20-15-6-4-5-14(18)9-15/h4-9H,10H2,1-3H3. The zero-order chi connectivity index (χ0) is 14.7. The van der Waals surface area contributed by atoms with E-state index in [2.05, 4.69) is 15.9 Å². The minimum Gasteiger partial charge on any atom is -0.485 e. The number of Topliss-reactive ketones (excluding diaryl/α,β-unsaturated/α-hetero) is 1. The van der Waals surface area contributed by atoms with Crippen LogP contribution in [0.2, 0.25) is 0 Å². The SMILES string of the molecule is Cc1cc(C)c(C(=O)COc2cccc(Br)c2)c(C)c1. The average molecular weight is 333 g/mol. The first kappa shape index (κ1) is 14.8. The van der Waals surface area contributed by atoms with Crippen molar-refractivity contribution in [2.75, 3.05) is 6.61 Å². The van der Waals surface area contributed by atoms with E-state index in [0.29, 0.717) is 5.75 Å². The van der Waals surface area contributed by atoms with Gasteiger partial charge in [-0.15, -0.1) is 0 Å². The van der Waals surface area contributed by atoms with Crippen LogP contribution in [0.3, 0.4) is 0 Å². The van der Waals surface area contributed by atoms with Gasteiger partial charge in [-0.3, -0.25) is 4.79 Å². The van der Waals surface area contributed by atoms with Gasteiger partial charge in [-0.2, -0.15) is 0 Å². The molecule has 2 rings (SSSR count). The molecule has 0 saturated heterocycles. The summed E-state index contributed by atoms with van der Waals surface area (Å²) in [6, 6.07) is 11.5. The largest absolute Gasteiger partial charge is 0.485 e. The van der Waals surface area contributed by atoms with Crippen molar-refractivity contribution >= 4 is 21.7 Å². The monoisotopic (exact) mass is 332 g/mol. The highest BCUT2D eigenvalue weighted by Gasteiger charge is 2.13. The van der Waals surface area contributed by atoms with Crippen molar-refractivity contribution in [3.63, 3.8) is 0 Å². The quantitative estimate of drug-likeness (QED) is 0.762. The summed E-state index contributed by atoms with van der Waals surface area (Å²) < 4.78 is 6.50. The van der Waals surface area contributed by atoms with Gasteiger partial charge in [-0.05, 0) is 50.1 Å². The minimum atomic E-state index is 0.0139. The highest BCUT2D eigenvalue weighted by atomic mass is 79.9. The van der Waals surface area contributed by atoms with E-state index in [0.717, 1.165) is 21.2 Å². The molecule has 0 aliphatic carbocycles. The summed E-state index contributed by atoms with van der Waals surface area (Å²) in [5, 5.41) is 0. The Morgan fingerprint density at radius 1 is 1.10 bits per heavy atom. The van der Waals surface area contributed by atoms with Crippen molar-refractivity contribution in [1.82, 2.24) is 0 Å². The number of hydrogen-bond acceptors (Lipinski definition) is 2. The van der Waals surface area contributed by atoms with E-state index >= 15 is 0 Å². The molecular formula is C17H17BrO2. The molecule has 2 aromatic carbocycles. The molecule has 0 radical (unpaired) electrons. The number of carbonyl (C=O) groups is 1. The first-order valence-corrected chi connectivity index (χ1v) is 7.26. The van der Waals surface area contributed by atoms with Crippen molar-refractivity contribution in [2.24, 2.45) is 0 Å². The predicted molar refractivity (Wildman–Crippen MR) is 84.6 cm³/mol. The van der Waals surface area contributed by atoms with Crippen LogP contribution in [0.5, 0.6) is 5.75 Å². The number of carbonyl (C=O) groups excluding carboxylic acids is 1. The van der Waals surface area contributed by atoms with E-state index in [1.165, 1.54) is 5.56 Å². The third-order valence-electron chi connectivity index (χ3n) is 3.12. The number of benzene rings is 2. The lowest BCUT2D eigenvalue weighted by atomic mass is 9.97. The molecule has 0 unspecified atom stereocenters. The Bertz CT molecular complexity index is 624. The molecule has 0 aromatic heterocycles. The van der Waals surface area contributed by atoms with E-state index in [1.807, 2.05) is 57.2 Å². The van der Waals surface area contributed by atoms with Gasteiger partial charge in [0.05, 0.1) is 0 Å². The molecular weight excluding hydrogens is 316 g/mol. The molecule has 0 fully saturated rings. The number of halogens is 1. The highest BCUT2D eigenvalue weighted by Crippen LogP contribution is 2.20. The summed E-state index contributed by atoms with van der Waals surface area (Å²) in [6.45, 7) is 6.02. The van der Waals surface area contributed by atoms with Crippen molar-refractivity contribution in [3.8, 4) is 5.75 Å². The highest BCUT2D eigenvalue weighted by molar-refractivity contribution is 9.10. The Labute approximate surface area is 127 Å². The molecule has 2 nitrogen and oxygen atoms in total. The maximum Gasteiger partial charge on any atom is 0.200 e. The van der Waals surface area contributed by atoms with E-state index in [1.54, 1.807) is 0 Å². The summed E-state index contributed by atoms with van der Waals surface area (Å²) in [6.07, 6.45) is 0. The molecule has 0 aliphatic heterocycles. The van der Waals surface area contributed by atoms with E-state index < -0.39 is 0 Å². The lowest BCUT2D eigenvalue weighted by Crippen LogP contribution is -2.14. The van der Waals surface area contributed by atoms with Crippen molar-refractivity contribution in [1.29, 1.82) is 0 Å². The van der Waals surface area contributed by atoms with Gasteiger partial charge >= 0.3 is 0 Å². The van der Waals surface area contributed by atoms with Crippen LogP contribution >= 0.6 is 15.9 Å². The lowest BCUT2D eigenvalue weighted by molar-refractivity contribution is 0.0920. The van der Waals surface area contributed by atoms with Crippen molar-refractivity contribution < 1.29 is 9.53 Å². The van der Waals surface area contributed by atoms with Crippen LogP contribution in [0.4, 0.5) is 0 Å². The van der Waals surface area contributed by atoms with Crippen LogP contribution in [0.25, 0.3) is 0 Å².